The maximum absolute atomic E-state index is 6.16. The molecule has 0 unspecified atom stereocenters. The lowest BCUT2D eigenvalue weighted by atomic mass is 10.1. The lowest BCUT2D eigenvalue weighted by molar-refractivity contribution is 0.393. The Morgan fingerprint density at radius 1 is 1.35 bits per heavy atom. The van der Waals surface area contributed by atoms with Gasteiger partial charge in [-0.2, -0.15) is 0 Å². The smallest absolute Gasteiger partial charge is 0.120 e. The minimum atomic E-state index is 0.0823. The summed E-state index contributed by atoms with van der Waals surface area (Å²) in [5.41, 5.74) is 1.17. The zero-order valence-corrected chi connectivity index (χ0v) is 11.7. The zero-order valence-electron chi connectivity index (χ0n) is 10.9. The molecule has 0 heterocycles. The summed E-state index contributed by atoms with van der Waals surface area (Å²) in [4.78, 5) is 0. The van der Waals surface area contributed by atoms with Gasteiger partial charge in [-0.3, -0.25) is 0 Å². The fraction of sp³-hybridized carbons (Fsp3) is 0.538. The van der Waals surface area contributed by atoms with Crippen LogP contribution in [-0.4, -0.2) is 26.2 Å². The highest BCUT2D eigenvalue weighted by atomic mass is 35.5. The molecule has 0 aliphatic rings. The summed E-state index contributed by atoms with van der Waals surface area (Å²) in [5, 5.41) is 7.36. The van der Waals surface area contributed by atoms with Gasteiger partial charge in [-0.15, -0.1) is 0 Å². The number of ether oxygens (including phenoxy) is 1. The highest BCUT2D eigenvalue weighted by molar-refractivity contribution is 6.31. The quantitative estimate of drug-likeness (QED) is 0.820. The van der Waals surface area contributed by atoms with E-state index in [0.717, 1.165) is 29.4 Å². The fourth-order valence-corrected chi connectivity index (χ4v) is 1.63. The second-order valence-corrected chi connectivity index (χ2v) is 5.10. The van der Waals surface area contributed by atoms with Crippen LogP contribution < -0.4 is 15.4 Å². The number of methoxy groups -OCH3 is 1. The van der Waals surface area contributed by atoms with Crippen molar-refractivity contribution in [1.82, 2.24) is 10.6 Å². The molecule has 0 spiro atoms. The van der Waals surface area contributed by atoms with Gasteiger partial charge in [0.2, 0.25) is 0 Å². The van der Waals surface area contributed by atoms with Crippen LogP contribution >= 0.6 is 11.6 Å². The molecule has 0 saturated carbocycles. The van der Waals surface area contributed by atoms with Gasteiger partial charge in [0.05, 0.1) is 7.11 Å². The molecule has 0 saturated heterocycles. The minimum absolute atomic E-state index is 0.0823. The van der Waals surface area contributed by atoms with Crippen LogP contribution in [0.4, 0.5) is 0 Å². The molecule has 2 N–H and O–H groups in total. The van der Waals surface area contributed by atoms with Crippen LogP contribution in [0.5, 0.6) is 5.75 Å². The highest BCUT2D eigenvalue weighted by Gasteiger charge is 2.13. The van der Waals surface area contributed by atoms with Gasteiger partial charge in [-0.1, -0.05) is 17.7 Å². The second kappa shape index (κ2) is 6.24. The molecule has 1 rings (SSSR count). The SMILES string of the molecule is CNC(C)(C)CNCc1ccc(OC)cc1Cl. The Kier molecular flexibility index (Phi) is 5.25. The third-order valence-electron chi connectivity index (χ3n) is 2.82. The average Bonchev–Trinajstić information content (AvgIpc) is 2.31. The number of rotatable bonds is 6. The number of likely N-dealkylation sites (N-methyl/N-ethyl adjacent to an activating group) is 1. The summed E-state index contributed by atoms with van der Waals surface area (Å²) in [7, 11) is 3.60. The Morgan fingerprint density at radius 3 is 2.59 bits per heavy atom. The van der Waals surface area contributed by atoms with Crippen LogP contribution in [0.1, 0.15) is 19.4 Å². The van der Waals surface area contributed by atoms with Gasteiger partial charge in [0.1, 0.15) is 5.75 Å². The van der Waals surface area contributed by atoms with Crippen LogP contribution in [0.25, 0.3) is 0 Å². The van der Waals surface area contributed by atoms with E-state index in [2.05, 4.69) is 24.5 Å². The largest absolute Gasteiger partial charge is 0.497 e. The van der Waals surface area contributed by atoms with Crippen molar-refractivity contribution < 1.29 is 4.74 Å². The predicted molar refractivity (Wildman–Crippen MR) is 72.8 cm³/mol. The Labute approximate surface area is 109 Å². The van der Waals surface area contributed by atoms with Gasteiger partial charge in [-0.25, -0.2) is 0 Å². The van der Waals surface area contributed by atoms with E-state index >= 15 is 0 Å². The Hall–Kier alpha value is -0.770. The third kappa shape index (κ3) is 4.54. The summed E-state index contributed by atoms with van der Waals surface area (Å²) < 4.78 is 5.11. The number of benzene rings is 1. The van der Waals surface area contributed by atoms with E-state index in [9.17, 15) is 0 Å². The predicted octanol–water partition coefficient (Wildman–Crippen LogP) is 2.44. The molecule has 0 atom stereocenters. The molecular weight excluding hydrogens is 236 g/mol. The molecule has 1 aromatic carbocycles. The summed E-state index contributed by atoms with van der Waals surface area (Å²) in [6, 6.07) is 5.74. The second-order valence-electron chi connectivity index (χ2n) is 4.69. The standard InChI is InChI=1S/C13H21ClN2O/c1-13(2,15-3)9-16-8-10-5-6-11(17-4)7-12(10)14/h5-7,15-16H,8-9H2,1-4H3. The van der Waals surface area contributed by atoms with Crippen LogP contribution in [0.2, 0.25) is 5.02 Å². The first-order valence-corrected chi connectivity index (χ1v) is 6.08. The van der Waals surface area contributed by atoms with Gasteiger partial charge in [-0.05, 0) is 38.6 Å². The van der Waals surface area contributed by atoms with Gasteiger partial charge in [0.15, 0.2) is 0 Å². The van der Waals surface area contributed by atoms with Gasteiger partial charge >= 0.3 is 0 Å². The van der Waals surface area contributed by atoms with E-state index in [-0.39, 0.29) is 5.54 Å². The zero-order chi connectivity index (χ0) is 12.9. The van der Waals surface area contributed by atoms with Crippen molar-refractivity contribution in [2.75, 3.05) is 20.7 Å². The molecule has 0 aliphatic heterocycles. The molecule has 1 aromatic rings. The van der Waals surface area contributed by atoms with Crippen molar-refractivity contribution in [3.8, 4) is 5.75 Å². The molecule has 0 fully saturated rings. The molecule has 0 aliphatic carbocycles. The third-order valence-corrected chi connectivity index (χ3v) is 3.17. The molecule has 17 heavy (non-hydrogen) atoms. The Bertz CT molecular complexity index is 366. The van der Waals surface area contributed by atoms with Crippen LogP contribution in [0.15, 0.2) is 18.2 Å². The summed E-state index contributed by atoms with van der Waals surface area (Å²) >= 11 is 6.16. The summed E-state index contributed by atoms with van der Waals surface area (Å²) in [6.45, 7) is 5.94. The van der Waals surface area contributed by atoms with Crippen LogP contribution in [-0.2, 0) is 6.54 Å². The summed E-state index contributed by atoms with van der Waals surface area (Å²) in [5.74, 6) is 0.786. The lowest BCUT2D eigenvalue weighted by Gasteiger charge is -2.24. The van der Waals surface area contributed by atoms with E-state index in [0.29, 0.717) is 0 Å². The maximum atomic E-state index is 6.16. The number of hydrogen-bond acceptors (Lipinski definition) is 3. The highest BCUT2D eigenvalue weighted by Crippen LogP contribution is 2.22. The number of nitrogens with one attached hydrogen (secondary N) is 2. The number of halogens is 1. The van der Waals surface area contributed by atoms with E-state index in [1.165, 1.54) is 0 Å². The first-order chi connectivity index (χ1) is 7.98. The van der Waals surface area contributed by atoms with Crippen molar-refractivity contribution in [2.24, 2.45) is 0 Å². The summed E-state index contributed by atoms with van der Waals surface area (Å²) in [6.07, 6.45) is 0. The van der Waals surface area contributed by atoms with Crippen molar-refractivity contribution in [1.29, 1.82) is 0 Å². The lowest BCUT2D eigenvalue weighted by Crippen LogP contribution is -2.45. The fourth-order valence-electron chi connectivity index (χ4n) is 1.40. The topological polar surface area (TPSA) is 33.3 Å². The van der Waals surface area contributed by atoms with Gasteiger partial charge in [0.25, 0.3) is 0 Å². The molecule has 0 amide bonds. The normalized spacial score (nSPS) is 11.6. The van der Waals surface area contributed by atoms with E-state index in [4.69, 9.17) is 16.3 Å². The van der Waals surface area contributed by atoms with Crippen molar-refractivity contribution in [3.63, 3.8) is 0 Å². The Balaban J connectivity index is 2.52. The molecule has 0 aromatic heterocycles. The maximum Gasteiger partial charge on any atom is 0.120 e. The van der Waals surface area contributed by atoms with Gasteiger partial charge < -0.3 is 15.4 Å². The molecule has 96 valence electrons. The van der Waals surface area contributed by atoms with Crippen molar-refractivity contribution in [3.05, 3.63) is 28.8 Å². The van der Waals surface area contributed by atoms with Crippen molar-refractivity contribution in [2.45, 2.75) is 25.9 Å². The molecule has 4 heteroatoms. The van der Waals surface area contributed by atoms with Crippen LogP contribution in [0, 0.1) is 0 Å². The van der Waals surface area contributed by atoms with E-state index in [1.807, 2.05) is 25.2 Å². The molecule has 0 bridgehead atoms. The van der Waals surface area contributed by atoms with E-state index in [1.54, 1.807) is 7.11 Å². The van der Waals surface area contributed by atoms with E-state index < -0.39 is 0 Å². The molecule has 0 radical (unpaired) electrons. The van der Waals surface area contributed by atoms with Crippen molar-refractivity contribution >= 4 is 11.6 Å². The molecule has 3 nitrogen and oxygen atoms in total. The average molecular weight is 257 g/mol. The minimum Gasteiger partial charge on any atom is -0.497 e. The molecular formula is C13H21ClN2O. The van der Waals surface area contributed by atoms with Gasteiger partial charge in [0, 0.05) is 23.7 Å². The first kappa shape index (κ1) is 14.3. The Morgan fingerprint density at radius 2 is 2.06 bits per heavy atom. The monoisotopic (exact) mass is 256 g/mol. The van der Waals surface area contributed by atoms with Crippen LogP contribution in [0.3, 0.4) is 0 Å². The first-order valence-electron chi connectivity index (χ1n) is 5.70. The number of hydrogen-bond donors (Lipinski definition) is 2.